The predicted molar refractivity (Wildman–Crippen MR) is 116 cm³/mol. The number of aromatic nitrogens is 2. The van der Waals surface area contributed by atoms with E-state index in [1.165, 1.54) is 0 Å². The quantitative estimate of drug-likeness (QED) is 0.462. The third-order valence-electron chi connectivity index (χ3n) is 4.44. The molecule has 0 bridgehead atoms. The fraction of sp³-hybridized carbons (Fsp3) is 0.120. The van der Waals surface area contributed by atoms with Gasteiger partial charge in [-0.05, 0) is 32.0 Å². The van der Waals surface area contributed by atoms with Crippen LogP contribution in [-0.4, -0.2) is 21.2 Å². The molecular weight excluding hydrogens is 360 g/mol. The number of phenols is 1. The molecule has 0 saturated carbocycles. The van der Waals surface area contributed by atoms with Gasteiger partial charge in [-0.15, -0.1) is 0 Å². The third-order valence-corrected chi connectivity index (χ3v) is 4.44. The maximum atomic E-state index is 10.6. The van der Waals surface area contributed by atoms with E-state index in [-0.39, 0.29) is 11.9 Å². The van der Waals surface area contributed by atoms with Gasteiger partial charge in [0.1, 0.15) is 11.5 Å². The molecule has 1 aromatic heterocycles. The smallest absolute Gasteiger partial charge is 0.160 e. The number of hydrogen-bond acceptors (Lipinski definition) is 4. The second-order valence-corrected chi connectivity index (χ2v) is 7.04. The molecule has 144 valence electrons. The highest BCUT2D eigenvalue weighted by Crippen LogP contribution is 2.34. The van der Waals surface area contributed by atoms with Gasteiger partial charge in [0, 0.05) is 22.8 Å². The fourth-order valence-corrected chi connectivity index (χ4v) is 3.13. The van der Waals surface area contributed by atoms with E-state index in [1.54, 1.807) is 6.07 Å². The van der Waals surface area contributed by atoms with Crippen LogP contribution in [-0.2, 0) is 0 Å². The lowest BCUT2D eigenvalue weighted by molar-refractivity contribution is 0.241. The van der Waals surface area contributed by atoms with E-state index in [1.807, 2.05) is 92.7 Å². The van der Waals surface area contributed by atoms with Crippen LogP contribution in [0.2, 0.25) is 0 Å². The van der Waals surface area contributed by atoms with Crippen molar-refractivity contribution < 1.29 is 9.84 Å². The molecule has 29 heavy (non-hydrogen) atoms. The molecule has 0 fully saturated rings. The second kappa shape index (κ2) is 8.15. The van der Waals surface area contributed by atoms with Crippen LogP contribution in [0.3, 0.4) is 0 Å². The highest BCUT2D eigenvalue weighted by atomic mass is 16.5. The molecule has 0 atom stereocenters. The Bertz CT molecular complexity index is 1050. The van der Waals surface area contributed by atoms with Crippen molar-refractivity contribution in [3.05, 3.63) is 84.9 Å². The van der Waals surface area contributed by atoms with Gasteiger partial charge in [0.15, 0.2) is 5.82 Å². The summed E-state index contributed by atoms with van der Waals surface area (Å²) in [5.74, 6) is 1.37. The summed E-state index contributed by atoms with van der Waals surface area (Å²) in [6.45, 7) is 3.90. The molecule has 4 nitrogen and oxygen atoms in total. The molecule has 3 aromatic carbocycles. The van der Waals surface area contributed by atoms with Gasteiger partial charge in [-0.3, -0.25) is 0 Å². The van der Waals surface area contributed by atoms with Gasteiger partial charge in [-0.25, -0.2) is 9.97 Å². The predicted octanol–water partition coefficient (Wildman–Crippen LogP) is 5.97. The van der Waals surface area contributed by atoms with Crippen molar-refractivity contribution in [2.45, 2.75) is 20.0 Å². The fourth-order valence-electron chi connectivity index (χ4n) is 3.13. The summed E-state index contributed by atoms with van der Waals surface area (Å²) < 4.78 is 5.68. The summed E-state index contributed by atoms with van der Waals surface area (Å²) in [4.78, 5) is 9.51. The van der Waals surface area contributed by atoms with Crippen LogP contribution < -0.4 is 4.74 Å². The molecule has 0 aliphatic rings. The minimum absolute atomic E-state index is 0.0358. The summed E-state index contributed by atoms with van der Waals surface area (Å²) >= 11 is 0. The summed E-state index contributed by atoms with van der Waals surface area (Å²) in [5, 5.41) is 10.6. The Morgan fingerprint density at radius 2 is 1.34 bits per heavy atom. The maximum Gasteiger partial charge on any atom is 0.160 e. The summed E-state index contributed by atoms with van der Waals surface area (Å²) in [7, 11) is 0. The molecule has 0 unspecified atom stereocenters. The molecule has 0 aliphatic heterocycles. The standard InChI is InChI=1S/C25H22N2O2/c1-17(2)29-20-13-14-21(24(28)15-20)23-16-22(18-9-5-3-6-10-18)26-25(27-23)19-11-7-4-8-12-19/h3-17,28H,1-2H3. The number of phenolic OH excluding ortho intramolecular Hbond substituents is 1. The second-order valence-electron chi connectivity index (χ2n) is 7.04. The summed E-state index contributed by atoms with van der Waals surface area (Å²) in [5.41, 5.74) is 4.01. The Labute approximate surface area is 170 Å². The molecule has 4 heteroatoms. The van der Waals surface area contributed by atoms with E-state index in [9.17, 15) is 5.11 Å². The van der Waals surface area contributed by atoms with Crippen molar-refractivity contribution in [2.75, 3.05) is 0 Å². The number of aromatic hydroxyl groups is 1. The SMILES string of the molecule is CC(C)Oc1ccc(-c2cc(-c3ccccc3)nc(-c3ccccc3)n2)c(O)c1. The van der Waals surface area contributed by atoms with Crippen LogP contribution in [0.4, 0.5) is 0 Å². The van der Waals surface area contributed by atoms with Gasteiger partial charge >= 0.3 is 0 Å². The number of rotatable bonds is 5. The maximum absolute atomic E-state index is 10.6. The Balaban J connectivity index is 1.85. The molecule has 4 aromatic rings. The average Bonchev–Trinajstić information content (AvgIpc) is 2.74. The van der Waals surface area contributed by atoms with Crippen LogP contribution in [0.5, 0.6) is 11.5 Å². The van der Waals surface area contributed by atoms with Crippen molar-refractivity contribution in [2.24, 2.45) is 0 Å². The highest BCUT2D eigenvalue weighted by Gasteiger charge is 2.14. The van der Waals surface area contributed by atoms with Gasteiger partial charge in [-0.1, -0.05) is 60.7 Å². The number of ether oxygens (including phenoxy) is 1. The van der Waals surface area contributed by atoms with Crippen LogP contribution >= 0.6 is 0 Å². The Morgan fingerprint density at radius 1 is 0.724 bits per heavy atom. The zero-order valence-electron chi connectivity index (χ0n) is 16.4. The van der Waals surface area contributed by atoms with Crippen molar-refractivity contribution in [3.8, 4) is 45.4 Å². The summed E-state index contributed by atoms with van der Waals surface area (Å²) in [6, 6.07) is 27.0. The zero-order valence-corrected chi connectivity index (χ0v) is 16.4. The molecule has 1 heterocycles. The molecule has 1 N–H and O–H groups in total. The van der Waals surface area contributed by atoms with Gasteiger partial charge in [0.2, 0.25) is 0 Å². The zero-order chi connectivity index (χ0) is 20.2. The van der Waals surface area contributed by atoms with Gasteiger partial charge < -0.3 is 9.84 Å². The Kier molecular flexibility index (Phi) is 5.25. The molecular formula is C25H22N2O2. The average molecular weight is 382 g/mol. The summed E-state index contributed by atoms with van der Waals surface area (Å²) in [6.07, 6.45) is 0.0358. The largest absolute Gasteiger partial charge is 0.507 e. The molecule has 0 saturated heterocycles. The first-order valence-corrected chi connectivity index (χ1v) is 9.60. The van der Waals surface area contributed by atoms with Crippen LogP contribution in [0.25, 0.3) is 33.9 Å². The van der Waals surface area contributed by atoms with Crippen molar-refractivity contribution >= 4 is 0 Å². The van der Waals surface area contributed by atoms with Gasteiger partial charge in [0.05, 0.1) is 17.5 Å². The first-order chi connectivity index (χ1) is 14.1. The van der Waals surface area contributed by atoms with E-state index in [0.717, 1.165) is 16.8 Å². The van der Waals surface area contributed by atoms with E-state index in [2.05, 4.69) is 0 Å². The topological polar surface area (TPSA) is 55.2 Å². The molecule has 0 radical (unpaired) electrons. The van der Waals surface area contributed by atoms with Gasteiger partial charge in [0.25, 0.3) is 0 Å². The van der Waals surface area contributed by atoms with Crippen molar-refractivity contribution in [1.29, 1.82) is 0 Å². The van der Waals surface area contributed by atoms with Crippen LogP contribution in [0.15, 0.2) is 84.9 Å². The minimum atomic E-state index is 0.0358. The Hall–Kier alpha value is -3.66. The monoisotopic (exact) mass is 382 g/mol. The van der Waals surface area contributed by atoms with Crippen LogP contribution in [0, 0.1) is 0 Å². The lowest BCUT2D eigenvalue weighted by Gasteiger charge is -2.13. The lowest BCUT2D eigenvalue weighted by atomic mass is 10.1. The van der Waals surface area contributed by atoms with Crippen molar-refractivity contribution in [1.82, 2.24) is 9.97 Å². The first-order valence-electron chi connectivity index (χ1n) is 9.60. The molecule has 4 rings (SSSR count). The number of hydrogen-bond donors (Lipinski definition) is 1. The van der Waals surface area contributed by atoms with Crippen LogP contribution in [0.1, 0.15) is 13.8 Å². The van der Waals surface area contributed by atoms with Gasteiger partial charge in [-0.2, -0.15) is 0 Å². The molecule has 0 aliphatic carbocycles. The van der Waals surface area contributed by atoms with E-state index in [0.29, 0.717) is 22.8 Å². The molecule has 0 amide bonds. The molecule has 0 spiro atoms. The Morgan fingerprint density at radius 3 is 1.97 bits per heavy atom. The van der Waals surface area contributed by atoms with E-state index in [4.69, 9.17) is 14.7 Å². The van der Waals surface area contributed by atoms with Crippen molar-refractivity contribution in [3.63, 3.8) is 0 Å². The van der Waals surface area contributed by atoms with E-state index >= 15 is 0 Å². The number of benzene rings is 3. The normalized spacial score (nSPS) is 10.9. The minimum Gasteiger partial charge on any atom is -0.507 e. The van der Waals surface area contributed by atoms with E-state index < -0.39 is 0 Å². The first kappa shape index (κ1) is 18.7. The highest BCUT2D eigenvalue weighted by molar-refractivity contribution is 5.75. The third kappa shape index (κ3) is 4.27. The number of nitrogens with zero attached hydrogens (tertiary/aromatic N) is 2. The lowest BCUT2D eigenvalue weighted by Crippen LogP contribution is -2.05.